The molecule has 0 unspecified atom stereocenters. The van der Waals surface area contributed by atoms with Crippen LogP contribution in [0.2, 0.25) is 0 Å². The molecule has 0 aliphatic heterocycles. The lowest BCUT2D eigenvalue weighted by Crippen LogP contribution is -2.19. The van der Waals surface area contributed by atoms with E-state index in [2.05, 4.69) is 10.3 Å². The summed E-state index contributed by atoms with van der Waals surface area (Å²) in [7, 11) is 0. The number of nitrogens with zero attached hydrogens (tertiary/aromatic N) is 1. The highest BCUT2D eigenvalue weighted by molar-refractivity contribution is 7.22. The Morgan fingerprint density at radius 2 is 2.05 bits per heavy atom. The Balaban J connectivity index is 1.61. The van der Waals surface area contributed by atoms with Crippen molar-refractivity contribution < 1.29 is 13.9 Å². The topological polar surface area (TPSA) is 51.2 Å². The van der Waals surface area contributed by atoms with Crippen LogP contribution in [0.4, 0.5) is 9.52 Å². The molecule has 0 spiro atoms. The van der Waals surface area contributed by atoms with Crippen molar-refractivity contribution in [3.05, 3.63) is 53.8 Å². The molecule has 112 valence electrons. The number of carbonyl (C=O) groups is 1. The van der Waals surface area contributed by atoms with Crippen molar-refractivity contribution in [3.63, 3.8) is 0 Å². The maximum Gasteiger partial charge on any atom is 0.264 e. The number of fused-ring (bicyclic) bond motifs is 1. The highest BCUT2D eigenvalue weighted by Gasteiger charge is 2.09. The number of thiazole rings is 1. The van der Waals surface area contributed by atoms with Gasteiger partial charge in [0.25, 0.3) is 5.91 Å². The summed E-state index contributed by atoms with van der Waals surface area (Å²) in [6.07, 6.45) is 0. The Hall–Kier alpha value is -2.47. The van der Waals surface area contributed by atoms with Gasteiger partial charge in [-0.05, 0) is 37.3 Å². The van der Waals surface area contributed by atoms with Crippen LogP contribution in [0, 0.1) is 12.7 Å². The monoisotopic (exact) mass is 316 g/mol. The largest absolute Gasteiger partial charge is 0.484 e. The van der Waals surface area contributed by atoms with E-state index in [1.54, 1.807) is 6.07 Å². The van der Waals surface area contributed by atoms with Crippen molar-refractivity contribution in [2.75, 3.05) is 11.9 Å². The van der Waals surface area contributed by atoms with Gasteiger partial charge in [-0.3, -0.25) is 10.1 Å². The predicted molar refractivity (Wildman–Crippen MR) is 84.9 cm³/mol. The Kier molecular flexibility index (Phi) is 4.02. The van der Waals surface area contributed by atoms with E-state index < -0.39 is 0 Å². The Labute approximate surface area is 130 Å². The minimum atomic E-state index is -0.322. The molecule has 1 N–H and O–H groups in total. The van der Waals surface area contributed by atoms with Gasteiger partial charge in [0.2, 0.25) is 0 Å². The first-order chi connectivity index (χ1) is 10.6. The van der Waals surface area contributed by atoms with Crippen LogP contribution in [0.1, 0.15) is 5.56 Å². The van der Waals surface area contributed by atoms with Crippen LogP contribution in [0.3, 0.4) is 0 Å². The maximum absolute atomic E-state index is 13.1. The summed E-state index contributed by atoms with van der Waals surface area (Å²) in [5.74, 6) is 0.00366. The number of aromatic nitrogens is 1. The standard InChI is InChI=1S/C16H13FN2O2S/c1-10-2-5-12(6-3-10)21-9-15(20)19-16-18-13-7-4-11(17)8-14(13)22-16/h2-8H,9H2,1H3,(H,18,19,20). The fraction of sp³-hybridized carbons (Fsp3) is 0.125. The number of halogens is 1. The van der Waals surface area contributed by atoms with Crippen LogP contribution >= 0.6 is 11.3 Å². The van der Waals surface area contributed by atoms with Gasteiger partial charge in [-0.2, -0.15) is 0 Å². The summed E-state index contributed by atoms with van der Waals surface area (Å²) in [6.45, 7) is 1.87. The van der Waals surface area contributed by atoms with Gasteiger partial charge in [-0.25, -0.2) is 9.37 Å². The highest BCUT2D eigenvalue weighted by atomic mass is 32.1. The summed E-state index contributed by atoms with van der Waals surface area (Å²) < 4.78 is 19.2. The predicted octanol–water partition coefficient (Wildman–Crippen LogP) is 3.76. The molecule has 0 radical (unpaired) electrons. The van der Waals surface area contributed by atoms with Gasteiger partial charge < -0.3 is 4.74 Å². The first-order valence-corrected chi connectivity index (χ1v) is 7.47. The molecule has 0 atom stereocenters. The van der Waals surface area contributed by atoms with Gasteiger partial charge in [0, 0.05) is 0 Å². The van der Waals surface area contributed by atoms with Crippen molar-refractivity contribution in [1.29, 1.82) is 0 Å². The van der Waals surface area contributed by atoms with Gasteiger partial charge >= 0.3 is 0 Å². The normalized spacial score (nSPS) is 10.6. The van der Waals surface area contributed by atoms with Gasteiger partial charge in [-0.1, -0.05) is 29.0 Å². The van der Waals surface area contributed by atoms with E-state index in [9.17, 15) is 9.18 Å². The van der Waals surface area contributed by atoms with Crippen molar-refractivity contribution in [1.82, 2.24) is 4.98 Å². The number of amides is 1. The van der Waals surface area contributed by atoms with E-state index in [-0.39, 0.29) is 18.3 Å². The third-order valence-electron chi connectivity index (χ3n) is 2.99. The van der Waals surface area contributed by atoms with Gasteiger partial charge in [0.05, 0.1) is 10.2 Å². The van der Waals surface area contributed by atoms with Gasteiger partial charge in [0.1, 0.15) is 11.6 Å². The highest BCUT2D eigenvalue weighted by Crippen LogP contribution is 2.26. The van der Waals surface area contributed by atoms with Crippen molar-refractivity contribution in [2.45, 2.75) is 6.92 Å². The molecule has 1 amide bonds. The third-order valence-corrected chi connectivity index (χ3v) is 3.92. The molecule has 0 aliphatic rings. The lowest BCUT2D eigenvalue weighted by atomic mass is 10.2. The average molecular weight is 316 g/mol. The zero-order valence-electron chi connectivity index (χ0n) is 11.8. The van der Waals surface area contributed by atoms with Gasteiger partial charge in [-0.15, -0.1) is 0 Å². The van der Waals surface area contributed by atoms with Crippen LogP contribution in [-0.2, 0) is 4.79 Å². The molecule has 0 aliphatic carbocycles. The Morgan fingerprint density at radius 1 is 1.27 bits per heavy atom. The number of aryl methyl sites for hydroxylation is 1. The number of hydrogen-bond donors (Lipinski definition) is 1. The minimum Gasteiger partial charge on any atom is -0.484 e. The van der Waals surface area contributed by atoms with Crippen molar-refractivity contribution in [2.24, 2.45) is 0 Å². The maximum atomic E-state index is 13.1. The van der Waals surface area contributed by atoms with E-state index in [0.29, 0.717) is 21.1 Å². The van der Waals surface area contributed by atoms with E-state index in [1.807, 2.05) is 31.2 Å². The Bertz CT molecular complexity index is 815. The molecule has 6 heteroatoms. The van der Waals surface area contributed by atoms with E-state index in [1.165, 1.54) is 23.5 Å². The number of rotatable bonds is 4. The number of benzene rings is 2. The van der Waals surface area contributed by atoms with Crippen molar-refractivity contribution in [3.8, 4) is 5.75 Å². The lowest BCUT2D eigenvalue weighted by molar-refractivity contribution is -0.118. The summed E-state index contributed by atoms with van der Waals surface area (Å²) in [4.78, 5) is 16.1. The Morgan fingerprint density at radius 3 is 2.82 bits per heavy atom. The quantitative estimate of drug-likeness (QED) is 0.797. The molecule has 0 saturated heterocycles. The second kappa shape index (κ2) is 6.11. The fourth-order valence-electron chi connectivity index (χ4n) is 1.89. The summed E-state index contributed by atoms with van der Waals surface area (Å²) in [5, 5.41) is 3.08. The number of carbonyl (C=O) groups excluding carboxylic acids is 1. The van der Waals surface area contributed by atoms with Gasteiger partial charge in [0.15, 0.2) is 11.7 Å². The molecule has 0 bridgehead atoms. The van der Waals surface area contributed by atoms with E-state index >= 15 is 0 Å². The SMILES string of the molecule is Cc1ccc(OCC(=O)Nc2nc3ccc(F)cc3s2)cc1. The summed E-state index contributed by atoms with van der Waals surface area (Å²) in [6, 6.07) is 11.8. The molecule has 1 heterocycles. The lowest BCUT2D eigenvalue weighted by Gasteiger charge is -2.05. The first kappa shape index (κ1) is 14.5. The van der Waals surface area contributed by atoms with Crippen LogP contribution in [-0.4, -0.2) is 17.5 Å². The molecule has 3 rings (SSSR count). The van der Waals surface area contributed by atoms with Crippen LogP contribution in [0.5, 0.6) is 5.75 Å². The van der Waals surface area contributed by atoms with Crippen molar-refractivity contribution >= 4 is 32.6 Å². The molecule has 0 fully saturated rings. The minimum absolute atomic E-state index is 0.104. The second-order valence-electron chi connectivity index (χ2n) is 4.78. The zero-order chi connectivity index (χ0) is 15.5. The van der Waals surface area contributed by atoms with Crippen LogP contribution in [0.25, 0.3) is 10.2 Å². The summed E-state index contributed by atoms with van der Waals surface area (Å²) in [5.41, 5.74) is 1.78. The fourth-order valence-corrected chi connectivity index (χ4v) is 2.80. The number of hydrogen-bond acceptors (Lipinski definition) is 4. The molecule has 0 saturated carbocycles. The second-order valence-corrected chi connectivity index (χ2v) is 5.81. The number of nitrogens with one attached hydrogen (secondary N) is 1. The van der Waals surface area contributed by atoms with Crippen LogP contribution in [0.15, 0.2) is 42.5 Å². The molecule has 3 aromatic rings. The average Bonchev–Trinajstić information content (AvgIpc) is 2.88. The summed E-state index contributed by atoms with van der Waals surface area (Å²) >= 11 is 1.22. The van der Waals surface area contributed by atoms with E-state index in [0.717, 1.165) is 5.56 Å². The third kappa shape index (κ3) is 3.40. The molecule has 2 aromatic carbocycles. The smallest absolute Gasteiger partial charge is 0.264 e. The first-order valence-electron chi connectivity index (χ1n) is 6.65. The molecule has 22 heavy (non-hydrogen) atoms. The zero-order valence-corrected chi connectivity index (χ0v) is 12.6. The number of anilines is 1. The molecular weight excluding hydrogens is 303 g/mol. The molecule has 4 nitrogen and oxygen atoms in total. The number of ether oxygens (including phenoxy) is 1. The molecule has 1 aromatic heterocycles. The molecular formula is C16H13FN2O2S. The van der Waals surface area contributed by atoms with E-state index in [4.69, 9.17) is 4.74 Å². The van der Waals surface area contributed by atoms with Crippen LogP contribution < -0.4 is 10.1 Å².